The van der Waals surface area contributed by atoms with Crippen LogP contribution in [0.2, 0.25) is 0 Å². The van der Waals surface area contributed by atoms with Gasteiger partial charge in [-0.3, -0.25) is 19.5 Å². The monoisotopic (exact) mass is 490 g/mol. The maximum absolute atomic E-state index is 13.6. The lowest BCUT2D eigenvalue weighted by Crippen LogP contribution is -2.37. The van der Waals surface area contributed by atoms with Gasteiger partial charge < -0.3 is 19.7 Å². The summed E-state index contributed by atoms with van der Waals surface area (Å²) in [6.07, 6.45) is 1.61. The van der Waals surface area contributed by atoms with E-state index in [4.69, 9.17) is 21.7 Å². The van der Waals surface area contributed by atoms with Crippen LogP contribution in [-0.4, -0.2) is 46.6 Å². The summed E-state index contributed by atoms with van der Waals surface area (Å²) in [5.74, 6) is 0.748. The van der Waals surface area contributed by atoms with E-state index < -0.39 is 6.04 Å². The number of ether oxygens (including phenoxy) is 2. The molecule has 8 nitrogen and oxygen atoms in total. The molecule has 0 spiro atoms. The molecule has 35 heavy (non-hydrogen) atoms. The summed E-state index contributed by atoms with van der Waals surface area (Å²) in [7, 11) is 1.56. The second kappa shape index (κ2) is 11.0. The number of methoxy groups -OCH3 is 1. The fraction of sp³-hybridized carbons (Fsp3) is 0.231. The number of hydrogen-bond donors (Lipinski definition) is 1. The number of nitrogens with one attached hydrogen (secondary N) is 1. The highest BCUT2D eigenvalue weighted by atomic mass is 32.1. The molecule has 180 valence electrons. The van der Waals surface area contributed by atoms with Crippen LogP contribution in [0.5, 0.6) is 11.5 Å². The number of carbonyl (C=O) groups is 2. The zero-order valence-corrected chi connectivity index (χ0v) is 20.3. The fourth-order valence-corrected chi connectivity index (χ4v) is 4.24. The van der Waals surface area contributed by atoms with E-state index in [0.29, 0.717) is 35.4 Å². The van der Waals surface area contributed by atoms with Gasteiger partial charge in [0.05, 0.1) is 38.1 Å². The van der Waals surface area contributed by atoms with E-state index in [1.165, 1.54) is 4.90 Å². The van der Waals surface area contributed by atoms with E-state index in [1.54, 1.807) is 66.7 Å². The fourth-order valence-electron chi connectivity index (χ4n) is 3.86. The first-order valence-electron chi connectivity index (χ1n) is 11.2. The standard InChI is InChI=1S/C26H26N4O4S/c1-3-34-21-12-10-18(11-13-21)28-24(31)16-23-25(32)30(20-8-6-9-22(15-20)33-2)26(35)29(23)17-19-7-4-5-14-27-19/h4-15,23H,3,16-17H2,1-2H3,(H,28,31)/t23-/m1/s1. The third-order valence-electron chi connectivity index (χ3n) is 5.52. The van der Waals surface area contributed by atoms with Crippen molar-refractivity contribution in [2.24, 2.45) is 0 Å². The molecule has 1 aliphatic heterocycles. The number of aromatic nitrogens is 1. The predicted molar refractivity (Wildman–Crippen MR) is 138 cm³/mol. The third kappa shape index (κ3) is 5.58. The zero-order chi connectivity index (χ0) is 24.8. The number of thiocarbonyl (C=S) groups is 1. The maximum atomic E-state index is 13.6. The molecule has 1 fully saturated rings. The molecular formula is C26H26N4O4S. The Morgan fingerprint density at radius 3 is 2.57 bits per heavy atom. The minimum atomic E-state index is -0.779. The summed E-state index contributed by atoms with van der Waals surface area (Å²) >= 11 is 5.72. The van der Waals surface area contributed by atoms with Gasteiger partial charge >= 0.3 is 0 Å². The molecule has 1 N–H and O–H groups in total. The average molecular weight is 491 g/mol. The molecule has 0 aliphatic carbocycles. The van der Waals surface area contributed by atoms with Crippen molar-refractivity contribution in [3.8, 4) is 11.5 Å². The van der Waals surface area contributed by atoms with Crippen molar-refractivity contribution >= 4 is 40.5 Å². The molecule has 3 aromatic rings. The quantitative estimate of drug-likeness (QED) is 0.454. The van der Waals surface area contributed by atoms with Crippen LogP contribution < -0.4 is 19.7 Å². The van der Waals surface area contributed by atoms with Gasteiger partial charge in [-0.2, -0.15) is 0 Å². The number of rotatable bonds is 9. The van der Waals surface area contributed by atoms with Gasteiger partial charge in [0.1, 0.15) is 17.5 Å². The summed E-state index contributed by atoms with van der Waals surface area (Å²) in [5.41, 5.74) is 1.94. The Kier molecular flexibility index (Phi) is 7.57. The Bertz CT molecular complexity index is 1200. The second-order valence-corrected chi connectivity index (χ2v) is 8.20. The number of pyridine rings is 1. The van der Waals surface area contributed by atoms with Crippen LogP contribution in [0.15, 0.2) is 72.9 Å². The molecular weight excluding hydrogens is 464 g/mol. The summed E-state index contributed by atoms with van der Waals surface area (Å²) in [6.45, 7) is 2.77. The van der Waals surface area contributed by atoms with Crippen molar-refractivity contribution in [2.45, 2.75) is 25.9 Å². The molecule has 0 saturated carbocycles. The molecule has 1 saturated heterocycles. The number of amides is 2. The molecule has 0 radical (unpaired) electrons. The molecule has 2 aromatic carbocycles. The maximum Gasteiger partial charge on any atom is 0.256 e. The van der Waals surface area contributed by atoms with Crippen LogP contribution in [0.25, 0.3) is 0 Å². The van der Waals surface area contributed by atoms with E-state index >= 15 is 0 Å². The first-order chi connectivity index (χ1) is 17.0. The Labute approximate surface area is 209 Å². The average Bonchev–Trinajstić information content (AvgIpc) is 3.10. The second-order valence-electron chi connectivity index (χ2n) is 7.83. The molecule has 1 aliphatic rings. The van der Waals surface area contributed by atoms with Crippen molar-refractivity contribution < 1.29 is 19.1 Å². The van der Waals surface area contributed by atoms with Gasteiger partial charge in [-0.05, 0) is 67.7 Å². The van der Waals surface area contributed by atoms with E-state index in [2.05, 4.69) is 10.3 Å². The highest BCUT2D eigenvalue weighted by molar-refractivity contribution is 7.80. The van der Waals surface area contributed by atoms with Gasteiger partial charge in [-0.15, -0.1) is 0 Å². The molecule has 0 bridgehead atoms. The largest absolute Gasteiger partial charge is 0.497 e. The summed E-state index contributed by atoms with van der Waals surface area (Å²) in [4.78, 5) is 34.1. The van der Waals surface area contributed by atoms with Crippen LogP contribution in [0.4, 0.5) is 11.4 Å². The molecule has 2 amide bonds. The van der Waals surface area contributed by atoms with Gasteiger partial charge in [0.15, 0.2) is 5.11 Å². The number of nitrogens with zero attached hydrogens (tertiary/aromatic N) is 3. The topological polar surface area (TPSA) is 84.0 Å². The summed E-state index contributed by atoms with van der Waals surface area (Å²) in [5, 5.41) is 3.17. The highest BCUT2D eigenvalue weighted by Gasteiger charge is 2.44. The van der Waals surface area contributed by atoms with Crippen LogP contribution >= 0.6 is 12.2 Å². The zero-order valence-electron chi connectivity index (χ0n) is 19.5. The number of benzene rings is 2. The molecule has 2 heterocycles. The Morgan fingerprint density at radius 1 is 1.09 bits per heavy atom. The van der Waals surface area contributed by atoms with Gasteiger partial charge in [0.25, 0.3) is 5.91 Å². The number of hydrogen-bond acceptors (Lipinski definition) is 6. The van der Waals surface area contributed by atoms with Crippen LogP contribution in [0, 0.1) is 0 Å². The van der Waals surface area contributed by atoms with E-state index in [-0.39, 0.29) is 18.2 Å². The van der Waals surface area contributed by atoms with Crippen molar-refractivity contribution in [1.82, 2.24) is 9.88 Å². The molecule has 1 atom stereocenters. The Balaban J connectivity index is 1.56. The van der Waals surface area contributed by atoms with Crippen molar-refractivity contribution in [1.29, 1.82) is 0 Å². The minimum Gasteiger partial charge on any atom is -0.497 e. The first kappa shape index (κ1) is 24.2. The normalized spacial score (nSPS) is 15.3. The Hall–Kier alpha value is -3.98. The van der Waals surface area contributed by atoms with Gasteiger partial charge in [-0.25, -0.2) is 0 Å². The lowest BCUT2D eigenvalue weighted by Gasteiger charge is -2.23. The summed E-state index contributed by atoms with van der Waals surface area (Å²) in [6, 6.07) is 19.0. The number of carbonyl (C=O) groups excluding carboxylic acids is 2. The van der Waals surface area contributed by atoms with Gasteiger partial charge in [0.2, 0.25) is 5.91 Å². The van der Waals surface area contributed by atoms with Crippen LogP contribution in [-0.2, 0) is 16.1 Å². The third-order valence-corrected chi connectivity index (χ3v) is 5.93. The van der Waals surface area contributed by atoms with Crippen molar-refractivity contribution in [3.63, 3.8) is 0 Å². The SMILES string of the molecule is CCOc1ccc(NC(=O)C[C@@H]2C(=O)N(c3cccc(OC)c3)C(=S)N2Cc2ccccn2)cc1. The molecule has 1 aromatic heterocycles. The van der Waals surface area contributed by atoms with Crippen molar-refractivity contribution in [2.75, 3.05) is 23.9 Å². The van der Waals surface area contributed by atoms with Crippen LogP contribution in [0.1, 0.15) is 19.0 Å². The minimum absolute atomic E-state index is 0.0700. The highest BCUT2D eigenvalue weighted by Crippen LogP contribution is 2.30. The summed E-state index contributed by atoms with van der Waals surface area (Å²) < 4.78 is 10.8. The lowest BCUT2D eigenvalue weighted by atomic mass is 10.1. The van der Waals surface area contributed by atoms with Crippen LogP contribution in [0.3, 0.4) is 0 Å². The molecule has 4 rings (SSSR count). The van der Waals surface area contributed by atoms with Gasteiger partial charge in [0, 0.05) is 18.0 Å². The Morgan fingerprint density at radius 2 is 1.89 bits per heavy atom. The number of anilines is 2. The smallest absolute Gasteiger partial charge is 0.256 e. The van der Waals surface area contributed by atoms with E-state index in [0.717, 1.165) is 11.4 Å². The van der Waals surface area contributed by atoms with Crippen molar-refractivity contribution in [3.05, 3.63) is 78.6 Å². The first-order valence-corrected chi connectivity index (χ1v) is 11.6. The van der Waals surface area contributed by atoms with Gasteiger partial charge in [-0.1, -0.05) is 12.1 Å². The van der Waals surface area contributed by atoms with E-state index in [1.807, 2.05) is 25.1 Å². The van der Waals surface area contributed by atoms with E-state index in [9.17, 15) is 9.59 Å². The predicted octanol–water partition coefficient (Wildman–Crippen LogP) is 4.02. The molecule has 9 heteroatoms. The lowest BCUT2D eigenvalue weighted by molar-refractivity contribution is -0.124. The molecule has 0 unspecified atom stereocenters.